The molecule has 2 aromatic carbocycles. The van der Waals surface area contributed by atoms with E-state index >= 15 is 0 Å². The minimum atomic E-state index is 0.499. The molecule has 100 valence electrons. The maximum atomic E-state index is 5.57. The van der Waals surface area contributed by atoms with Gasteiger partial charge in [-0.2, -0.15) is 0 Å². The Bertz CT molecular complexity index is 511. The maximum Gasteiger partial charge on any atom is 0.122 e. The van der Waals surface area contributed by atoms with Gasteiger partial charge in [-0.05, 0) is 42.5 Å². The molecule has 19 heavy (non-hydrogen) atoms. The molecule has 0 fully saturated rings. The first-order valence-corrected chi connectivity index (χ1v) is 6.72. The Labute approximate surface area is 121 Å². The highest BCUT2D eigenvalue weighted by atomic mass is 79.9. The number of halogens is 1. The Morgan fingerprint density at radius 3 is 2.11 bits per heavy atom. The zero-order valence-corrected chi connectivity index (χ0v) is 12.2. The molecule has 0 unspecified atom stereocenters. The van der Waals surface area contributed by atoms with Crippen molar-refractivity contribution in [3.63, 3.8) is 0 Å². The molecule has 0 N–H and O–H groups in total. The molecule has 3 nitrogen and oxygen atoms in total. The summed E-state index contributed by atoms with van der Waals surface area (Å²) in [6.07, 6.45) is 0. The minimum Gasteiger partial charge on any atom is -0.497 e. The van der Waals surface area contributed by atoms with E-state index in [4.69, 9.17) is 14.2 Å². The predicted octanol–water partition coefficient (Wildman–Crippen LogP) is 3.92. The van der Waals surface area contributed by atoms with Crippen LogP contribution >= 0.6 is 15.9 Å². The second-order valence-corrected chi connectivity index (χ2v) is 4.75. The highest BCUT2D eigenvalue weighted by Crippen LogP contribution is 2.18. The van der Waals surface area contributed by atoms with E-state index in [-0.39, 0.29) is 0 Å². The van der Waals surface area contributed by atoms with Gasteiger partial charge >= 0.3 is 0 Å². The van der Waals surface area contributed by atoms with E-state index in [1.165, 1.54) is 0 Å². The van der Waals surface area contributed by atoms with Crippen LogP contribution < -0.4 is 14.2 Å². The van der Waals surface area contributed by atoms with E-state index in [1.807, 2.05) is 48.5 Å². The number of benzene rings is 2. The molecule has 0 bridgehead atoms. The van der Waals surface area contributed by atoms with Crippen LogP contribution in [0.3, 0.4) is 0 Å². The average molecular weight is 323 g/mol. The van der Waals surface area contributed by atoms with Gasteiger partial charge in [-0.1, -0.05) is 22.0 Å². The summed E-state index contributed by atoms with van der Waals surface area (Å²) < 4.78 is 17.2. The van der Waals surface area contributed by atoms with Gasteiger partial charge in [-0.15, -0.1) is 0 Å². The second-order valence-electron chi connectivity index (χ2n) is 3.83. The largest absolute Gasteiger partial charge is 0.497 e. The summed E-state index contributed by atoms with van der Waals surface area (Å²) in [7, 11) is 1.64. The first-order valence-electron chi connectivity index (χ1n) is 5.93. The van der Waals surface area contributed by atoms with Gasteiger partial charge in [0.25, 0.3) is 0 Å². The molecule has 0 aromatic heterocycles. The molecule has 0 spiro atoms. The Kier molecular flexibility index (Phi) is 5.10. The molecule has 0 aliphatic rings. The highest BCUT2D eigenvalue weighted by Gasteiger charge is 1.97. The Balaban J connectivity index is 1.74. The van der Waals surface area contributed by atoms with Crippen LogP contribution in [0.5, 0.6) is 17.2 Å². The van der Waals surface area contributed by atoms with Crippen molar-refractivity contribution in [2.75, 3.05) is 20.3 Å². The molecule has 4 heteroatoms. The van der Waals surface area contributed by atoms with Crippen molar-refractivity contribution in [3.8, 4) is 17.2 Å². The normalized spacial score (nSPS) is 10.0. The monoisotopic (exact) mass is 322 g/mol. The van der Waals surface area contributed by atoms with Gasteiger partial charge < -0.3 is 14.2 Å². The van der Waals surface area contributed by atoms with E-state index < -0.39 is 0 Å². The van der Waals surface area contributed by atoms with Gasteiger partial charge in [0.15, 0.2) is 0 Å². The predicted molar refractivity (Wildman–Crippen MR) is 78.1 cm³/mol. The van der Waals surface area contributed by atoms with Crippen molar-refractivity contribution in [1.29, 1.82) is 0 Å². The fourth-order valence-corrected chi connectivity index (χ4v) is 1.93. The van der Waals surface area contributed by atoms with Crippen LogP contribution in [-0.2, 0) is 0 Å². The van der Waals surface area contributed by atoms with Crippen molar-refractivity contribution in [2.45, 2.75) is 0 Å². The number of ether oxygens (including phenoxy) is 3. The van der Waals surface area contributed by atoms with E-state index in [2.05, 4.69) is 15.9 Å². The number of hydrogen-bond donors (Lipinski definition) is 0. The standard InChI is InChI=1S/C15H15BrO3/c1-17-13-5-7-14(8-6-13)18-9-10-19-15-4-2-3-12(16)11-15/h2-8,11H,9-10H2,1H3. The van der Waals surface area contributed by atoms with E-state index in [9.17, 15) is 0 Å². The summed E-state index contributed by atoms with van der Waals surface area (Å²) >= 11 is 3.40. The topological polar surface area (TPSA) is 27.7 Å². The molecule has 0 amide bonds. The number of hydrogen-bond acceptors (Lipinski definition) is 3. The van der Waals surface area contributed by atoms with Crippen LogP contribution in [0.1, 0.15) is 0 Å². The lowest BCUT2D eigenvalue weighted by atomic mass is 10.3. The van der Waals surface area contributed by atoms with Crippen LogP contribution in [-0.4, -0.2) is 20.3 Å². The molecular formula is C15H15BrO3. The molecule has 0 atom stereocenters. The van der Waals surface area contributed by atoms with Crippen molar-refractivity contribution in [1.82, 2.24) is 0 Å². The lowest BCUT2D eigenvalue weighted by Gasteiger charge is -2.09. The second kappa shape index (κ2) is 7.04. The smallest absolute Gasteiger partial charge is 0.122 e. The average Bonchev–Trinajstić information content (AvgIpc) is 2.44. The van der Waals surface area contributed by atoms with Crippen LogP contribution in [0.2, 0.25) is 0 Å². The van der Waals surface area contributed by atoms with Gasteiger partial charge in [0.2, 0.25) is 0 Å². The number of rotatable bonds is 6. The van der Waals surface area contributed by atoms with Crippen LogP contribution in [0.25, 0.3) is 0 Å². The van der Waals surface area contributed by atoms with Gasteiger partial charge in [0.05, 0.1) is 7.11 Å². The first kappa shape index (κ1) is 13.7. The van der Waals surface area contributed by atoms with E-state index in [0.29, 0.717) is 13.2 Å². The Morgan fingerprint density at radius 1 is 0.842 bits per heavy atom. The summed E-state index contributed by atoms with van der Waals surface area (Å²) in [5, 5.41) is 0. The van der Waals surface area contributed by atoms with Crippen LogP contribution in [0.15, 0.2) is 53.0 Å². The highest BCUT2D eigenvalue weighted by molar-refractivity contribution is 9.10. The van der Waals surface area contributed by atoms with Crippen molar-refractivity contribution >= 4 is 15.9 Å². The lowest BCUT2D eigenvalue weighted by Crippen LogP contribution is -2.08. The van der Waals surface area contributed by atoms with Crippen LogP contribution in [0, 0.1) is 0 Å². The molecular weight excluding hydrogens is 308 g/mol. The summed E-state index contributed by atoms with van der Waals surface area (Å²) in [5.41, 5.74) is 0. The molecule has 0 radical (unpaired) electrons. The molecule has 0 saturated heterocycles. The third-order valence-electron chi connectivity index (χ3n) is 2.48. The fraction of sp³-hybridized carbons (Fsp3) is 0.200. The lowest BCUT2D eigenvalue weighted by molar-refractivity contribution is 0.217. The zero-order valence-electron chi connectivity index (χ0n) is 10.6. The molecule has 0 aliphatic heterocycles. The van der Waals surface area contributed by atoms with Crippen LogP contribution in [0.4, 0.5) is 0 Å². The summed E-state index contributed by atoms with van der Waals surface area (Å²) in [6, 6.07) is 15.2. The summed E-state index contributed by atoms with van der Waals surface area (Å²) in [4.78, 5) is 0. The molecule has 0 saturated carbocycles. The van der Waals surface area contributed by atoms with Crippen molar-refractivity contribution in [3.05, 3.63) is 53.0 Å². The SMILES string of the molecule is COc1ccc(OCCOc2cccc(Br)c2)cc1. The Morgan fingerprint density at radius 2 is 1.47 bits per heavy atom. The summed E-state index contributed by atoms with van der Waals surface area (Å²) in [5.74, 6) is 2.45. The third-order valence-corrected chi connectivity index (χ3v) is 2.97. The van der Waals surface area contributed by atoms with E-state index in [0.717, 1.165) is 21.7 Å². The van der Waals surface area contributed by atoms with E-state index in [1.54, 1.807) is 7.11 Å². The summed E-state index contributed by atoms with van der Waals surface area (Å²) in [6.45, 7) is 1.00. The van der Waals surface area contributed by atoms with Gasteiger partial charge in [-0.25, -0.2) is 0 Å². The fourth-order valence-electron chi connectivity index (χ4n) is 1.55. The minimum absolute atomic E-state index is 0.499. The Hall–Kier alpha value is -1.68. The molecule has 0 aliphatic carbocycles. The van der Waals surface area contributed by atoms with Gasteiger partial charge in [-0.3, -0.25) is 0 Å². The van der Waals surface area contributed by atoms with Gasteiger partial charge in [0.1, 0.15) is 30.5 Å². The number of methoxy groups -OCH3 is 1. The third kappa shape index (κ3) is 4.48. The molecule has 2 aromatic rings. The van der Waals surface area contributed by atoms with Gasteiger partial charge in [0, 0.05) is 4.47 Å². The zero-order chi connectivity index (χ0) is 13.5. The quantitative estimate of drug-likeness (QED) is 0.754. The van der Waals surface area contributed by atoms with Crippen molar-refractivity contribution in [2.24, 2.45) is 0 Å². The molecule has 2 rings (SSSR count). The van der Waals surface area contributed by atoms with Crippen molar-refractivity contribution < 1.29 is 14.2 Å². The first-order chi connectivity index (χ1) is 9.28. The molecule has 0 heterocycles. The maximum absolute atomic E-state index is 5.57.